The molecule has 0 aromatic rings. The summed E-state index contributed by atoms with van der Waals surface area (Å²) in [7, 11) is 0.503. The minimum atomic E-state index is -1.12. The second-order valence-electron chi connectivity index (χ2n) is 9.45. The van der Waals surface area contributed by atoms with E-state index >= 15 is 0 Å². The van der Waals surface area contributed by atoms with Gasteiger partial charge in [0.1, 0.15) is 25.0 Å². The van der Waals surface area contributed by atoms with Crippen molar-refractivity contribution in [2.45, 2.75) is 61.4 Å². The molecule has 2 saturated carbocycles. The Morgan fingerprint density at radius 1 is 1.25 bits per heavy atom. The second-order valence-corrected chi connectivity index (χ2v) is 16.4. The van der Waals surface area contributed by atoms with Crippen molar-refractivity contribution >= 4 is 36.4 Å². The Labute approximate surface area is 185 Å². The quantitative estimate of drug-likeness (QED) is 0.104. The van der Waals surface area contributed by atoms with Crippen LogP contribution in [0.5, 0.6) is 0 Å². The van der Waals surface area contributed by atoms with Crippen LogP contribution in [0.25, 0.3) is 0 Å². The number of carbonyl (C=O) groups excluding carboxylic acids is 1. The molecule has 7 heteroatoms. The molecule has 2 fully saturated rings. The maximum absolute atomic E-state index is 12.5. The Balaban J connectivity index is 2.11. The third-order valence-electron chi connectivity index (χ3n) is 6.22. The lowest BCUT2D eigenvalue weighted by Crippen LogP contribution is -2.55. The van der Waals surface area contributed by atoms with Gasteiger partial charge < -0.3 is 18.9 Å². The van der Waals surface area contributed by atoms with Crippen LogP contribution in [-0.4, -0.2) is 57.3 Å². The summed E-state index contributed by atoms with van der Waals surface area (Å²) in [6, 6.07) is 1.12. The topological polar surface area (TPSA) is 54.0 Å². The van der Waals surface area contributed by atoms with Gasteiger partial charge >= 0.3 is 0 Å². The molecule has 162 valence electrons. The number of methoxy groups -OCH3 is 1. The first kappa shape index (κ1) is 24.5. The summed E-state index contributed by atoms with van der Waals surface area (Å²) in [4.78, 5) is 12.5. The number of alkyl halides is 1. The molecule has 28 heavy (non-hydrogen) atoms. The lowest BCUT2D eigenvalue weighted by atomic mass is 9.63. The Kier molecular flexibility index (Phi) is 9.16. The van der Waals surface area contributed by atoms with Crippen molar-refractivity contribution in [2.24, 2.45) is 17.8 Å². The summed E-state index contributed by atoms with van der Waals surface area (Å²) in [5.41, 5.74) is 0.559. The van der Waals surface area contributed by atoms with E-state index in [9.17, 15) is 4.79 Å². The van der Waals surface area contributed by atoms with Crippen LogP contribution in [0.3, 0.4) is 0 Å². The molecule has 0 aliphatic heterocycles. The molecule has 0 spiro atoms. The van der Waals surface area contributed by atoms with Gasteiger partial charge in [-0.05, 0) is 35.8 Å². The molecule has 2 aliphatic rings. The van der Waals surface area contributed by atoms with E-state index in [2.05, 4.69) is 55.7 Å². The Bertz CT molecular complexity index is 549. The molecule has 0 N–H and O–H groups in total. The first-order valence-corrected chi connectivity index (χ1v) is 15.2. The SMILES string of the molecule is C=C1[C@@H]2CC(=O)CC[C@@]1(OCOCC[Si](C)(C)C)C(I)[C@@H](C)[C@@H]2COCOC. The summed E-state index contributed by atoms with van der Waals surface area (Å²) >= 11 is 2.50. The van der Waals surface area contributed by atoms with Crippen LogP contribution in [0.2, 0.25) is 25.7 Å². The molecule has 5 nitrogen and oxygen atoms in total. The molecule has 0 aromatic carbocycles. The normalized spacial score (nSPS) is 33.8. The Morgan fingerprint density at radius 3 is 2.61 bits per heavy atom. The second kappa shape index (κ2) is 10.5. The maximum atomic E-state index is 12.5. The molecular weight excluding hydrogens is 487 g/mol. The van der Waals surface area contributed by atoms with Crippen molar-refractivity contribution in [3.05, 3.63) is 12.2 Å². The monoisotopic (exact) mass is 524 g/mol. The third-order valence-corrected chi connectivity index (χ3v) is 10.1. The van der Waals surface area contributed by atoms with Crippen LogP contribution in [0.15, 0.2) is 12.2 Å². The van der Waals surface area contributed by atoms with Crippen molar-refractivity contribution in [3.8, 4) is 0 Å². The predicted octanol–water partition coefficient (Wildman–Crippen LogP) is 4.67. The van der Waals surface area contributed by atoms with Gasteiger partial charge in [0.15, 0.2) is 0 Å². The Morgan fingerprint density at radius 2 is 1.96 bits per heavy atom. The van der Waals surface area contributed by atoms with Crippen LogP contribution in [0.1, 0.15) is 26.2 Å². The van der Waals surface area contributed by atoms with Crippen molar-refractivity contribution in [3.63, 3.8) is 0 Å². The molecule has 0 saturated heterocycles. The highest BCUT2D eigenvalue weighted by Gasteiger charge is 2.55. The Hall–Kier alpha value is 0.197. The minimum absolute atomic E-state index is 0.0925. The highest BCUT2D eigenvalue weighted by molar-refractivity contribution is 14.1. The number of hydrogen-bond donors (Lipinski definition) is 0. The van der Waals surface area contributed by atoms with Gasteiger partial charge in [-0.3, -0.25) is 4.79 Å². The van der Waals surface area contributed by atoms with E-state index in [-0.39, 0.29) is 29.3 Å². The first-order chi connectivity index (χ1) is 13.1. The van der Waals surface area contributed by atoms with E-state index in [1.807, 2.05) is 0 Å². The fourth-order valence-corrected chi connectivity index (χ4v) is 6.55. The highest BCUT2D eigenvalue weighted by atomic mass is 127. The fraction of sp³-hybridized carbons (Fsp3) is 0.857. The van der Waals surface area contributed by atoms with Gasteiger partial charge in [-0.25, -0.2) is 0 Å². The molecule has 2 aliphatic carbocycles. The van der Waals surface area contributed by atoms with Crippen molar-refractivity contribution in [1.82, 2.24) is 0 Å². The van der Waals surface area contributed by atoms with Gasteiger partial charge in [-0.15, -0.1) is 0 Å². The number of ether oxygens (including phenoxy) is 4. The first-order valence-electron chi connectivity index (χ1n) is 10.3. The van der Waals surface area contributed by atoms with Gasteiger partial charge in [-0.2, -0.15) is 0 Å². The summed E-state index contributed by atoms with van der Waals surface area (Å²) < 4.78 is 23.2. The summed E-state index contributed by atoms with van der Waals surface area (Å²) in [5, 5.41) is 0. The van der Waals surface area contributed by atoms with Crippen LogP contribution in [0, 0.1) is 17.8 Å². The van der Waals surface area contributed by atoms with Gasteiger partial charge in [0, 0.05) is 38.6 Å². The molecular formula is C21H37IO5Si. The van der Waals surface area contributed by atoms with Crippen LogP contribution in [0.4, 0.5) is 0 Å². The van der Waals surface area contributed by atoms with Crippen LogP contribution >= 0.6 is 22.6 Å². The largest absolute Gasteiger partial charge is 0.359 e. The maximum Gasteiger partial charge on any atom is 0.147 e. The zero-order valence-electron chi connectivity index (χ0n) is 18.1. The summed E-state index contributed by atoms with van der Waals surface area (Å²) in [6.45, 7) is 15.6. The molecule has 2 bridgehead atoms. The van der Waals surface area contributed by atoms with Crippen molar-refractivity contribution < 1.29 is 23.7 Å². The number of hydrogen-bond acceptors (Lipinski definition) is 5. The number of rotatable bonds is 10. The highest BCUT2D eigenvalue weighted by Crippen LogP contribution is 2.54. The standard InChI is InChI=1S/C21H37IO5Si/c1-15-19(12-26-13-24-3)18-11-17(23)7-8-21(16(18)2,20(15)22)27-14-25-9-10-28(4,5)6/h15,18-20H,2,7-14H2,1,3-6H3/t15-,18-,19-,20?,21-/m0/s1. The molecule has 2 rings (SSSR count). The molecule has 0 heterocycles. The van der Waals surface area contributed by atoms with Crippen LogP contribution < -0.4 is 0 Å². The number of carbonyl (C=O) groups is 1. The van der Waals surface area contributed by atoms with E-state index in [0.717, 1.165) is 18.2 Å². The van der Waals surface area contributed by atoms with Crippen LogP contribution in [-0.2, 0) is 23.7 Å². The van der Waals surface area contributed by atoms with Gasteiger partial charge in [0.05, 0.1) is 6.61 Å². The van der Waals surface area contributed by atoms with Gasteiger partial charge in [-0.1, -0.05) is 55.7 Å². The average Bonchev–Trinajstić information content (AvgIpc) is 2.72. The molecule has 5 atom stereocenters. The molecule has 0 amide bonds. The van der Waals surface area contributed by atoms with Crippen molar-refractivity contribution in [2.75, 3.05) is 33.9 Å². The zero-order valence-corrected chi connectivity index (χ0v) is 21.3. The van der Waals surface area contributed by atoms with Gasteiger partial charge in [0.25, 0.3) is 0 Å². The van der Waals surface area contributed by atoms with E-state index in [1.54, 1.807) is 7.11 Å². The molecule has 0 aromatic heterocycles. The fourth-order valence-electron chi connectivity index (χ4n) is 4.37. The lowest BCUT2D eigenvalue weighted by Gasteiger charge is -2.51. The predicted molar refractivity (Wildman–Crippen MR) is 123 cm³/mol. The number of ketones is 1. The summed E-state index contributed by atoms with van der Waals surface area (Å²) in [5.74, 6) is 0.984. The zero-order chi connectivity index (χ0) is 20.9. The number of fused-ring (bicyclic) bond motifs is 2. The van der Waals surface area contributed by atoms with Gasteiger partial charge in [0.2, 0.25) is 0 Å². The number of Topliss-reactive ketones (excluding diaryl/α,β-unsaturated/α-hetero) is 1. The van der Waals surface area contributed by atoms with E-state index in [4.69, 9.17) is 18.9 Å². The molecule has 0 radical (unpaired) electrons. The minimum Gasteiger partial charge on any atom is -0.359 e. The third kappa shape index (κ3) is 5.88. The smallest absolute Gasteiger partial charge is 0.147 e. The van der Waals surface area contributed by atoms with E-state index in [1.165, 1.54) is 0 Å². The average molecular weight is 525 g/mol. The number of halogens is 1. The van der Waals surface area contributed by atoms with Crippen molar-refractivity contribution in [1.29, 1.82) is 0 Å². The lowest BCUT2D eigenvalue weighted by molar-refractivity contribution is -0.147. The molecule has 1 unspecified atom stereocenters. The summed E-state index contributed by atoms with van der Waals surface area (Å²) in [6.07, 6.45) is 1.78. The van der Waals surface area contributed by atoms with E-state index < -0.39 is 13.7 Å². The van der Waals surface area contributed by atoms with E-state index in [0.29, 0.717) is 37.6 Å².